The van der Waals surface area contributed by atoms with Crippen LogP contribution in [0.25, 0.3) is 0 Å². The van der Waals surface area contributed by atoms with E-state index in [9.17, 15) is 0 Å². The van der Waals surface area contributed by atoms with Crippen molar-refractivity contribution >= 4 is 21.6 Å². The van der Waals surface area contributed by atoms with Gasteiger partial charge in [-0.1, -0.05) is 15.9 Å². The van der Waals surface area contributed by atoms with Crippen molar-refractivity contribution in [1.82, 2.24) is 5.32 Å². The molecule has 2 saturated heterocycles. The molecule has 0 radical (unpaired) electrons. The molecule has 0 bridgehead atoms. The Kier molecular flexibility index (Phi) is 2.45. The maximum atomic E-state index is 3.47. The van der Waals surface area contributed by atoms with Gasteiger partial charge in [0.05, 0.1) is 0 Å². The fraction of sp³-hybridized carbons (Fsp3) is 0.500. The van der Waals surface area contributed by atoms with Gasteiger partial charge < -0.3 is 10.2 Å². The van der Waals surface area contributed by atoms with Crippen molar-refractivity contribution in [2.45, 2.75) is 0 Å². The largest absolute Gasteiger partial charge is 0.371 e. The highest BCUT2D eigenvalue weighted by molar-refractivity contribution is 9.10. The Morgan fingerprint density at radius 1 is 1.07 bits per heavy atom. The number of nitrogens with one attached hydrogen (secondary N) is 1. The minimum atomic E-state index is 0.869. The molecular weight excluding hydrogens is 252 g/mol. The van der Waals surface area contributed by atoms with E-state index in [-0.39, 0.29) is 0 Å². The second-order valence-electron chi connectivity index (χ2n) is 4.56. The van der Waals surface area contributed by atoms with E-state index in [0.717, 1.165) is 16.3 Å². The maximum absolute atomic E-state index is 3.47. The number of nitrogens with zero attached hydrogens (tertiary/aromatic N) is 1. The summed E-state index contributed by atoms with van der Waals surface area (Å²) in [7, 11) is 0. The van der Waals surface area contributed by atoms with E-state index in [4.69, 9.17) is 0 Å². The summed E-state index contributed by atoms with van der Waals surface area (Å²) in [6.45, 7) is 4.86. The molecule has 2 nitrogen and oxygen atoms in total. The average molecular weight is 267 g/mol. The Morgan fingerprint density at radius 2 is 1.67 bits per heavy atom. The second-order valence-corrected chi connectivity index (χ2v) is 5.48. The van der Waals surface area contributed by atoms with Gasteiger partial charge in [0.2, 0.25) is 0 Å². The Morgan fingerprint density at radius 3 is 2.27 bits per heavy atom. The lowest BCUT2D eigenvalue weighted by Gasteiger charge is -2.19. The van der Waals surface area contributed by atoms with Crippen LogP contribution in [0.5, 0.6) is 0 Å². The van der Waals surface area contributed by atoms with Crippen LogP contribution in [0.2, 0.25) is 0 Å². The van der Waals surface area contributed by atoms with E-state index in [0.29, 0.717) is 0 Å². The van der Waals surface area contributed by atoms with Gasteiger partial charge in [-0.05, 0) is 36.1 Å². The van der Waals surface area contributed by atoms with Crippen molar-refractivity contribution in [3.63, 3.8) is 0 Å². The van der Waals surface area contributed by atoms with Gasteiger partial charge in [0.25, 0.3) is 0 Å². The zero-order valence-electron chi connectivity index (χ0n) is 8.62. The Labute approximate surface area is 98.8 Å². The van der Waals surface area contributed by atoms with Gasteiger partial charge in [0.15, 0.2) is 0 Å². The molecule has 2 atom stereocenters. The summed E-state index contributed by atoms with van der Waals surface area (Å²) in [4.78, 5) is 2.52. The van der Waals surface area contributed by atoms with E-state index in [1.165, 1.54) is 31.9 Å². The zero-order valence-corrected chi connectivity index (χ0v) is 10.2. The van der Waals surface area contributed by atoms with Crippen LogP contribution in [-0.4, -0.2) is 26.2 Å². The Hall–Kier alpha value is -0.540. The molecule has 0 aromatic heterocycles. The van der Waals surface area contributed by atoms with Crippen molar-refractivity contribution in [3.8, 4) is 0 Å². The molecule has 3 heteroatoms. The average Bonchev–Trinajstić information content (AvgIpc) is 2.78. The molecule has 1 aromatic rings. The summed E-state index contributed by atoms with van der Waals surface area (Å²) in [5.74, 6) is 1.74. The van der Waals surface area contributed by atoms with Crippen molar-refractivity contribution in [2.75, 3.05) is 31.1 Å². The number of anilines is 1. The number of hydrogen-bond donors (Lipinski definition) is 1. The fourth-order valence-electron chi connectivity index (χ4n) is 2.72. The van der Waals surface area contributed by atoms with Crippen LogP contribution in [0.3, 0.4) is 0 Å². The molecule has 15 heavy (non-hydrogen) atoms. The molecule has 1 aromatic carbocycles. The summed E-state index contributed by atoms with van der Waals surface area (Å²) in [6.07, 6.45) is 0. The number of fused-ring (bicyclic) bond motifs is 1. The maximum Gasteiger partial charge on any atom is 0.0367 e. The minimum Gasteiger partial charge on any atom is -0.371 e. The van der Waals surface area contributed by atoms with Crippen LogP contribution in [0.15, 0.2) is 28.7 Å². The standard InChI is InChI=1S/C12H15BrN2/c13-11-1-3-12(4-2-11)15-7-9-5-14-6-10(9)8-15/h1-4,9-10,14H,5-8H2/t9-,10+. The van der Waals surface area contributed by atoms with Crippen molar-refractivity contribution in [1.29, 1.82) is 0 Å². The highest BCUT2D eigenvalue weighted by atomic mass is 79.9. The fourth-order valence-corrected chi connectivity index (χ4v) is 2.98. The molecule has 80 valence electrons. The van der Waals surface area contributed by atoms with Gasteiger partial charge >= 0.3 is 0 Å². The number of rotatable bonds is 1. The molecule has 0 spiro atoms. The van der Waals surface area contributed by atoms with Crippen LogP contribution in [0, 0.1) is 11.8 Å². The molecule has 2 heterocycles. The first-order valence-corrected chi connectivity index (χ1v) is 6.33. The van der Waals surface area contributed by atoms with Gasteiger partial charge in [-0.25, -0.2) is 0 Å². The molecule has 0 aliphatic carbocycles. The molecular formula is C12H15BrN2. The van der Waals surface area contributed by atoms with E-state index >= 15 is 0 Å². The number of benzene rings is 1. The molecule has 2 aliphatic rings. The third-order valence-corrected chi connectivity index (χ3v) is 4.11. The van der Waals surface area contributed by atoms with Crippen LogP contribution in [0.4, 0.5) is 5.69 Å². The van der Waals surface area contributed by atoms with Crippen LogP contribution in [0.1, 0.15) is 0 Å². The van der Waals surface area contributed by atoms with Gasteiger partial charge in [-0.2, -0.15) is 0 Å². The predicted molar refractivity (Wildman–Crippen MR) is 66.2 cm³/mol. The summed E-state index contributed by atoms with van der Waals surface area (Å²) in [5.41, 5.74) is 1.37. The van der Waals surface area contributed by atoms with Gasteiger partial charge in [-0.3, -0.25) is 0 Å². The monoisotopic (exact) mass is 266 g/mol. The van der Waals surface area contributed by atoms with E-state index < -0.39 is 0 Å². The van der Waals surface area contributed by atoms with E-state index in [1.807, 2.05) is 0 Å². The lowest BCUT2D eigenvalue weighted by molar-refractivity contribution is 0.533. The number of hydrogen-bond acceptors (Lipinski definition) is 2. The quantitative estimate of drug-likeness (QED) is 0.838. The molecule has 0 amide bonds. The normalized spacial score (nSPS) is 29.5. The molecule has 0 saturated carbocycles. The second kappa shape index (κ2) is 3.80. The van der Waals surface area contributed by atoms with Crippen LogP contribution < -0.4 is 10.2 Å². The molecule has 0 unspecified atom stereocenters. The smallest absolute Gasteiger partial charge is 0.0367 e. The highest BCUT2D eigenvalue weighted by Crippen LogP contribution is 2.30. The summed E-state index contributed by atoms with van der Waals surface area (Å²) >= 11 is 3.47. The van der Waals surface area contributed by atoms with Gasteiger partial charge in [-0.15, -0.1) is 0 Å². The van der Waals surface area contributed by atoms with Crippen molar-refractivity contribution < 1.29 is 0 Å². The summed E-state index contributed by atoms with van der Waals surface area (Å²) < 4.78 is 1.16. The number of halogens is 1. The van der Waals surface area contributed by atoms with Crippen molar-refractivity contribution in [3.05, 3.63) is 28.7 Å². The van der Waals surface area contributed by atoms with Gasteiger partial charge in [0, 0.05) is 36.3 Å². The predicted octanol–water partition coefficient (Wildman–Crippen LogP) is 2.10. The topological polar surface area (TPSA) is 15.3 Å². The third kappa shape index (κ3) is 1.79. The first-order chi connectivity index (χ1) is 7.33. The van der Waals surface area contributed by atoms with E-state index in [1.54, 1.807) is 0 Å². The Balaban J connectivity index is 1.76. The SMILES string of the molecule is Brc1ccc(N2C[C@H]3CNC[C@H]3C2)cc1. The zero-order chi connectivity index (χ0) is 10.3. The lowest BCUT2D eigenvalue weighted by Crippen LogP contribution is -2.25. The summed E-state index contributed by atoms with van der Waals surface area (Å²) in [6, 6.07) is 8.67. The Bertz CT molecular complexity index is 337. The minimum absolute atomic E-state index is 0.869. The molecule has 2 aliphatic heterocycles. The first kappa shape index (κ1) is 9.67. The third-order valence-electron chi connectivity index (χ3n) is 3.58. The highest BCUT2D eigenvalue weighted by Gasteiger charge is 2.35. The molecule has 1 N–H and O–H groups in total. The van der Waals surface area contributed by atoms with Crippen LogP contribution >= 0.6 is 15.9 Å². The first-order valence-electron chi connectivity index (χ1n) is 5.54. The molecule has 2 fully saturated rings. The van der Waals surface area contributed by atoms with E-state index in [2.05, 4.69) is 50.4 Å². The lowest BCUT2D eigenvalue weighted by atomic mass is 10.0. The molecule has 3 rings (SSSR count). The summed E-state index contributed by atoms with van der Waals surface area (Å²) in [5, 5.41) is 3.47. The van der Waals surface area contributed by atoms with Crippen LogP contribution in [-0.2, 0) is 0 Å². The van der Waals surface area contributed by atoms with Crippen molar-refractivity contribution in [2.24, 2.45) is 11.8 Å². The van der Waals surface area contributed by atoms with Gasteiger partial charge in [0.1, 0.15) is 0 Å².